The highest BCUT2D eigenvalue weighted by atomic mass is 35.5. The molecule has 1 atom stereocenters. The first kappa shape index (κ1) is 14.9. The molecule has 0 aromatic heterocycles. The first-order chi connectivity index (χ1) is 10.4. The number of anilines is 1. The Morgan fingerprint density at radius 2 is 1.86 bits per heavy atom. The number of carbonyl (C=O) groups excluding carboxylic acids is 1. The third-order valence-corrected chi connectivity index (χ3v) is 4.15. The van der Waals surface area contributed by atoms with E-state index in [0.717, 1.165) is 28.1 Å². The maximum Gasteiger partial charge on any atom is 0.265 e. The van der Waals surface area contributed by atoms with Crippen molar-refractivity contribution in [2.24, 2.45) is 0 Å². The molecular formula is C18H18ClNO2. The van der Waals surface area contributed by atoms with Gasteiger partial charge in [-0.25, -0.2) is 0 Å². The molecule has 2 aromatic rings. The molecule has 1 unspecified atom stereocenters. The lowest BCUT2D eigenvalue weighted by molar-refractivity contribution is -0.122. The molecule has 2 aromatic carbocycles. The summed E-state index contributed by atoms with van der Waals surface area (Å²) in [5, 5.41) is 3.66. The zero-order valence-corrected chi connectivity index (χ0v) is 13.6. The van der Waals surface area contributed by atoms with Gasteiger partial charge in [0.1, 0.15) is 5.75 Å². The summed E-state index contributed by atoms with van der Waals surface area (Å²) in [5.74, 6) is 0.615. The number of ether oxygens (including phenoxy) is 1. The first-order valence-electron chi connectivity index (χ1n) is 7.28. The Morgan fingerprint density at radius 3 is 2.55 bits per heavy atom. The van der Waals surface area contributed by atoms with Crippen molar-refractivity contribution in [2.45, 2.75) is 33.3 Å². The van der Waals surface area contributed by atoms with Crippen LogP contribution in [0.25, 0.3) is 0 Å². The number of hydrogen-bond donors (Lipinski definition) is 1. The predicted molar refractivity (Wildman–Crippen MR) is 88.9 cm³/mol. The first-order valence-corrected chi connectivity index (χ1v) is 7.65. The molecule has 0 radical (unpaired) electrons. The molecule has 22 heavy (non-hydrogen) atoms. The second-order valence-corrected chi connectivity index (χ2v) is 6.26. The summed E-state index contributed by atoms with van der Waals surface area (Å²) in [6.45, 7) is 6.05. The topological polar surface area (TPSA) is 38.3 Å². The van der Waals surface area contributed by atoms with Crippen LogP contribution in [-0.2, 0) is 11.2 Å². The fourth-order valence-corrected chi connectivity index (χ4v) is 3.14. The van der Waals surface area contributed by atoms with Crippen molar-refractivity contribution in [2.75, 3.05) is 5.32 Å². The number of nitrogens with one attached hydrogen (secondary N) is 1. The van der Waals surface area contributed by atoms with Gasteiger partial charge in [-0.3, -0.25) is 4.79 Å². The van der Waals surface area contributed by atoms with Gasteiger partial charge in [0.05, 0.1) is 0 Å². The quantitative estimate of drug-likeness (QED) is 0.901. The number of halogens is 1. The average Bonchev–Trinajstić information content (AvgIpc) is 2.85. The van der Waals surface area contributed by atoms with Crippen LogP contribution in [0.2, 0.25) is 5.02 Å². The van der Waals surface area contributed by atoms with Crippen molar-refractivity contribution in [3.05, 3.63) is 57.6 Å². The van der Waals surface area contributed by atoms with Crippen molar-refractivity contribution >= 4 is 23.2 Å². The lowest BCUT2D eigenvalue weighted by Crippen LogP contribution is -2.32. The van der Waals surface area contributed by atoms with E-state index in [4.69, 9.17) is 16.3 Å². The van der Waals surface area contributed by atoms with E-state index in [1.807, 2.05) is 32.9 Å². The van der Waals surface area contributed by atoms with Gasteiger partial charge in [-0.1, -0.05) is 29.3 Å². The molecule has 3 rings (SSSR count). The zero-order valence-electron chi connectivity index (χ0n) is 12.9. The summed E-state index contributed by atoms with van der Waals surface area (Å²) in [6.07, 6.45) is 0.0414. The molecule has 0 fully saturated rings. The van der Waals surface area contributed by atoms with Gasteiger partial charge in [0.15, 0.2) is 6.10 Å². The van der Waals surface area contributed by atoms with Crippen molar-refractivity contribution in [3.63, 3.8) is 0 Å². The summed E-state index contributed by atoms with van der Waals surface area (Å²) in [5.41, 5.74) is 5.15. The minimum absolute atomic E-state index is 0.123. The summed E-state index contributed by atoms with van der Waals surface area (Å²) < 4.78 is 5.73. The van der Waals surface area contributed by atoms with Gasteiger partial charge in [0, 0.05) is 17.1 Å². The fourth-order valence-electron chi connectivity index (χ4n) is 2.94. The highest BCUT2D eigenvalue weighted by Gasteiger charge is 2.29. The second-order valence-electron chi connectivity index (χ2n) is 5.83. The Labute approximate surface area is 135 Å². The van der Waals surface area contributed by atoms with Crippen LogP contribution < -0.4 is 10.1 Å². The summed E-state index contributed by atoms with van der Waals surface area (Å²) in [6, 6.07) is 9.56. The molecular weight excluding hydrogens is 298 g/mol. The molecule has 1 aliphatic heterocycles. The number of carbonyl (C=O) groups is 1. The molecule has 1 aliphatic rings. The van der Waals surface area contributed by atoms with E-state index in [1.54, 1.807) is 6.07 Å². The lowest BCUT2D eigenvalue weighted by Gasteiger charge is -2.15. The lowest BCUT2D eigenvalue weighted by atomic mass is 10.0. The van der Waals surface area contributed by atoms with Gasteiger partial charge in [-0.2, -0.15) is 0 Å². The smallest absolute Gasteiger partial charge is 0.265 e. The van der Waals surface area contributed by atoms with E-state index < -0.39 is 6.10 Å². The molecule has 0 saturated heterocycles. The fraction of sp³-hybridized carbons (Fsp3) is 0.278. The molecule has 0 aliphatic carbocycles. The van der Waals surface area contributed by atoms with Crippen molar-refractivity contribution in [3.8, 4) is 5.75 Å². The van der Waals surface area contributed by atoms with Crippen LogP contribution in [0.15, 0.2) is 30.3 Å². The van der Waals surface area contributed by atoms with E-state index >= 15 is 0 Å². The van der Waals surface area contributed by atoms with Crippen LogP contribution in [0, 0.1) is 20.8 Å². The maximum absolute atomic E-state index is 12.5. The number of rotatable bonds is 2. The maximum atomic E-state index is 12.5. The van der Waals surface area contributed by atoms with Gasteiger partial charge >= 0.3 is 0 Å². The molecule has 1 heterocycles. The van der Waals surface area contributed by atoms with Crippen molar-refractivity contribution in [1.29, 1.82) is 0 Å². The van der Waals surface area contributed by atoms with Crippen molar-refractivity contribution in [1.82, 2.24) is 0 Å². The van der Waals surface area contributed by atoms with Crippen LogP contribution in [0.3, 0.4) is 0 Å². The highest BCUT2D eigenvalue weighted by Crippen LogP contribution is 2.32. The largest absolute Gasteiger partial charge is 0.480 e. The Morgan fingerprint density at radius 1 is 1.18 bits per heavy atom. The monoisotopic (exact) mass is 315 g/mol. The Bertz CT molecular complexity index is 732. The third kappa shape index (κ3) is 2.81. The minimum Gasteiger partial charge on any atom is -0.480 e. The zero-order chi connectivity index (χ0) is 15.9. The minimum atomic E-state index is -0.506. The number of fused-ring (bicyclic) bond motifs is 1. The standard InChI is InChI=1S/C18H18ClNO2/c1-10-6-11(2)17(12(3)7-10)20-18(21)16-9-13-8-14(19)4-5-15(13)22-16/h4-8,16H,9H2,1-3H3,(H,20,21). The summed E-state index contributed by atoms with van der Waals surface area (Å²) >= 11 is 5.98. The number of amides is 1. The SMILES string of the molecule is Cc1cc(C)c(NC(=O)C2Cc3cc(Cl)ccc3O2)c(C)c1. The van der Waals surface area contributed by atoms with Gasteiger partial charge in [-0.05, 0) is 55.7 Å². The van der Waals surface area contributed by atoms with E-state index in [0.29, 0.717) is 11.4 Å². The van der Waals surface area contributed by atoms with Crippen LogP contribution in [0.1, 0.15) is 22.3 Å². The molecule has 3 nitrogen and oxygen atoms in total. The molecule has 4 heteroatoms. The molecule has 1 amide bonds. The number of benzene rings is 2. The normalized spacial score (nSPS) is 16.1. The highest BCUT2D eigenvalue weighted by molar-refractivity contribution is 6.30. The van der Waals surface area contributed by atoms with E-state index in [9.17, 15) is 4.79 Å². The molecule has 114 valence electrons. The van der Waals surface area contributed by atoms with Gasteiger partial charge in [-0.15, -0.1) is 0 Å². The molecule has 0 bridgehead atoms. The molecule has 0 saturated carbocycles. The molecule has 1 N–H and O–H groups in total. The molecule has 0 spiro atoms. The van der Waals surface area contributed by atoms with Gasteiger partial charge in [0.2, 0.25) is 0 Å². The Hall–Kier alpha value is -2.00. The summed E-state index contributed by atoms with van der Waals surface area (Å²) in [7, 11) is 0. The van der Waals surface area contributed by atoms with Crippen LogP contribution >= 0.6 is 11.6 Å². The Kier molecular flexibility index (Phi) is 3.83. The van der Waals surface area contributed by atoms with E-state index in [2.05, 4.69) is 17.4 Å². The van der Waals surface area contributed by atoms with Crippen LogP contribution in [-0.4, -0.2) is 12.0 Å². The third-order valence-electron chi connectivity index (χ3n) is 3.91. The van der Waals surface area contributed by atoms with Crippen LogP contribution in [0.4, 0.5) is 5.69 Å². The van der Waals surface area contributed by atoms with Gasteiger partial charge < -0.3 is 10.1 Å². The number of hydrogen-bond acceptors (Lipinski definition) is 2. The van der Waals surface area contributed by atoms with Crippen molar-refractivity contribution < 1.29 is 9.53 Å². The second kappa shape index (κ2) is 5.65. The Balaban J connectivity index is 1.77. The number of aryl methyl sites for hydroxylation is 3. The van der Waals surface area contributed by atoms with E-state index in [-0.39, 0.29) is 5.91 Å². The predicted octanol–water partition coefficient (Wildman–Crippen LogP) is 4.21. The van der Waals surface area contributed by atoms with E-state index in [1.165, 1.54) is 5.56 Å². The van der Waals surface area contributed by atoms with Gasteiger partial charge in [0.25, 0.3) is 5.91 Å². The summed E-state index contributed by atoms with van der Waals surface area (Å²) in [4.78, 5) is 12.5. The van der Waals surface area contributed by atoms with Crippen LogP contribution in [0.5, 0.6) is 5.75 Å². The average molecular weight is 316 g/mol.